The van der Waals surface area contributed by atoms with Crippen molar-refractivity contribution < 1.29 is 14.3 Å². The fourth-order valence-electron chi connectivity index (χ4n) is 2.89. The Morgan fingerprint density at radius 2 is 1.82 bits per heavy atom. The molecule has 1 unspecified atom stereocenters. The number of hydrogen-bond acceptors (Lipinski definition) is 3. The fraction of sp³-hybridized carbons (Fsp3) is 0.684. The predicted octanol–water partition coefficient (Wildman–Crippen LogP) is 4.90. The maximum atomic E-state index is 12.2. The number of Topliss-reactive ketones (excluding diaryl/α,β-unsaturated/α-hetero) is 1. The van der Waals surface area contributed by atoms with E-state index in [2.05, 4.69) is 19.1 Å². The topological polar surface area (TPSA) is 43.4 Å². The van der Waals surface area contributed by atoms with Crippen molar-refractivity contribution in [2.75, 3.05) is 0 Å². The monoisotopic (exact) mass is 306 g/mol. The fourth-order valence-corrected chi connectivity index (χ4v) is 2.89. The van der Waals surface area contributed by atoms with Gasteiger partial charge in [0, 0.05) is 12.8 Å². The van der Waals surface area contributed by atoms with Crippen LogP contribution in [0.5, 0.6) is 0 Å². The van der Waals surface area contributed by atoms with Crippen LogP contribution in [-0.2, 0) is 14.3 Å². The van der Waals surface area contributed by atoms with E-state index in [9.17, 15) is 9.59 Å². The molecule has 0 bridgehead atoms. The molecular formula is C19H30O3. The number of unbranched alkanes of at least 4 members (excludes halogenated alkanes) is 6. The molecule has 0 aromatic heterocycles. The third-order valence-electron chi connectivity index (χ3n) is 4.07. The zero-order valence-corrected chi connectivity index (χ0v) is 14.3. The van der Waals surface area contributed by atoms with Crippen LogP contribution in [0.15, 0.2) is 23.3 Å². The molecule has 0 fully saturated rings. The summed E-state index contributed by atoms with van der Waals surface area (Å²) in [6.45, 7) is 5.78. The maximum Gasteiger partial charge on any atom is 0.341 e. The predicted molar refractivity (Wildman–Crippen MR) is 89.6 cm³/mol. The molecule has 0 N–H and O–H groups in total. The van der Waals surface area contributed by atoms with Gasteiger partial charge >= 0.3 is 5.97 Å². The van der Waals surface area contributed by atoms with Gasteiger partial charge in [0.1, 0.15) is 11.7 Å². The molecule has 0 radical (unpaired) electrons. The Kier molecular flexibility index (Phi) is 8.79. The first kappa shape index (κ1) is 18.7. The third-order valence-corrected chi connectivity index (χ3v) is 4.07. The smallest absolute Gasteiger partial charge is 0.341 e. The second kappa shape index (κ2) is 10.4. The van der Waals surface area contributed by atoms with Gasteiger partial charge in [-0.05, 0) is 40.0 Å². The van der Waals surface area contributed by atoms with Gasteiger partial charge in [0.2, 0.25) is 0 Å². The van der Waals surface area contributed by atoms with Gasteiger partial charge < -0.3 is 4.74 Å². The molecule has 0 saturated carbocycles. The number of esters is 1. The minimum Gasteiger partial charge on any atom is -0.459 e. The Bertz CT molecular complexity index is 432. The number of carbonyl (C=O) groups is 2. The minimum absolute atomic E-state index is 0.0394. The maximum absolute atomic E-state index is 12.2. The van der Waals surface area contributed by atoms with E-state index in [1.54, 1.807) is 0 Å². The Hall–Kier alpha value is -1.38. The molecule has 1 aliphatic heterocycles. The van der Waals surface area contributed by atoms with Crippen LogP contribution < -0.4 is 0 Å². The standard InChI is InChI=1S/C19H30O3/c1-4-5-6-7-8-9-10-11-12-13-17(20)18-15(2)14-16(3)22-19(18)21/h4-5,16H,6-14H2,1-3H3. The van der Waals surface area contributed by atoms with E-state index < -0.39 is 5.97 Å². The van der Waals surface area contributed by atoms with Crippen molar-refractivity contribution in [3.05, 3.63) is 23.3 Å². The Labute approximate surface area is 134 Å². The summed E-state index contributed by atoms with van der Waals surface area (Å²) in [5, 5.41) is 0. The molecule has 0 amide bonds. The Balaban J connectivity index is 2.18. The van der Waals surface area contributed by atoms with Crippen molar-refractivity contribution in [3.8, 4) is 0 Å². The second-order valence-corrected chi connectivity index (χ2v) is 6.23. The van der Waals surface area contributed by atoms with E-state index in [-0.39, 0.29) is 11.9 Å². The highest BCUT2D eigenvalue weighted by molar-refractivity contribution is 6.18. The number of cyclic esters (lactones) is 1. The molecule has 3 nitrogen and oxygen atoms in total. The zero-order valence-electron chi connectivity index (χ0n) is 14.3. The highest BCUT2D eigenvalue weighted by Gasteiger charge is 2.28. The van der Waals surface area contributed by atoms with Crippen molar-refractivity contribution in [2.24, 2.45) is 0 Å². The molecule has 1 heterocycles. The molecule has 1 aliphatic rings. The highest BCUT2D eigenvalue weighted by Crippen LogP contribution is 2.23. The van der Waals surface area contributed by atoms with Crippen LogP contribution in [0.4, 0.5) is 0 Å². The van der Waals surface area contributed by atoms with E-state index in [1.807, 2.05) is 13.8 Å². The van der Waals surface area contributed by atoms with E-state index in [0.717, 1.165) is 18.4 Å². The lowest BCUT2D eigenvalue weighted by atomic mass is 9.95. The van der Waals surface area contributed by atoms with Crippen LogP contribution in [0.3, 0.4) is 0 Å². The molecule has 3 heteroatoms. The number of carbonyl (C=O) groups excluding carboxylic acids is 2. The SMILES string of the molecule is CC=CCCCCCCCCC(=O)C1=C(C)CC(C)OC1=O. The van der Waals surface area contributed by atoms with Gasteiger partial charge in [-0.3, -0.25) is 4.79 Å². The van der Waals surface area contributed by atoms with Gasteiger partial charge in [0.25, 0.3) is 0 Å². The van der Waals surface area contributed by atoms with Gasteiger partial charge in [-0.2, -0.15) is 0 Å². The van der Waals surface area contributed by atoms with Crippen LogP contribution in [0.2, 0.25) is 0 Å². The first-order valence-electron chi connectivity index (χ1n) is 8.61. The van der Waals surface area contributed by atoms with Crippen LogP contribution in [0.25, 0.3) is 0 Å². The van der Waals surface area contributed by atoms with Crippen molar-refractivity contribution in [3.63, 3.8) is 0 Å². The third kappa shape index (κ3) is 6.59. The molecule has 0 spiro atoms. The summed E-state index contributed by atoms with van der Waals surface area (Å²) in [7, 11) is 0. The van der Waals surface area contributed by atoms with Crippen molar-refractivity contribution in [1.29, 1.82) is 0 Å². The van der Waals surface area contributed by atoms with Gasteiger partial charge in [-0.1, -0.05) is 43.4 Å². The van der Waals surface area contributed by atoms with Crippen LogP contribution in [0, 0.1) is 0 Å². The normalized spacial score (nSPS) is 18.9. The highest BCUT2D eigenvalue weighted by atomic mass is 16.5. The summed E-state index contributed by atoms with van der Waals surface area (Å²) < 4.78 is 5.16. The van der Waals surface area contributed by atoms with Gasteiger partial charge in [0.05, 0.1) is 0 Å². The second-order valence-electron chi connectivity index (χ2n) is 6.23. The summed E-state index contributed by atoms with van der Waals surface area (Å²) in [5.74, 6) is -0.465. The van der Waals surface area contributed by atoms with E-state index in [0.29, 0.717) is 18.4 Å². The minimum atomic E-state index is -0.426. The molecule has 22 heavy (non-hydrogen) atoms. The first-order chi connectivity index (χ1) is 10.6. The summed E-state index contributed by atoms with van der Waals surface area (Å²) in [4.78, 5) is 24.0. The van der Waals surface area contributed by atoms with Crippen molar-refractivity contribution in [2.45, 2.75) is 84.7 Å². The average Bonchev–Trinajstić information content (AvgIpc) is 2.44. The van der Waals surface area contributed by atoms with E-state index in [4.69, 9.17) is 4.74 Å². The summed E-state index contributed by atoms with van der Waals surface area (Å²) in [6.07, 6.45) is 13.4. The van der Waals surface area contributed by atoms with E-state index >= 15 is 0 Å². The van der Waals surface area contributed by atoms with E-state index in [1.165, 1.54) is 32.1 Å². The quantitative estimate of drug-likeness (QED) is 0.249. The van der Waals surface area contributed by atoms with Gasteiger partial charge in [-0.25, -0.2) is 4.79 Å². The number of allylic oxidation sites excluding steroid dienone is 2. The lowest BCUT2D eigenvalue weighted by Crippen LogP contribution is -2.27. The molecule has 1 rings (SSSR count). The van der Waals surface area contributed by atoms with Gasteiger partial charge in [0.15, 0.2) is 5.78 Å². The number of rotatable bonds is 10. The van der Waals surface area contributed by atoms with Crippen LogP contribution in [0.1, 0.15) is 78.6 Å². The molecule has 0 aliphatic carbocycles. The van der Waals surface area contributed by atoms with Gasteiger partial charge in [-0.15, -0.1) is 0 Å². The lowest BCUT2D eigenvalue weighted by molar-refractivity contribution is -0.146. The largest absolute Gasteiger partial charge is 0.459 e. The van der Waals surface area contributed by atoms with Crippen LogP contribution >= 0.6 is 0 Å². The molecule has 0 aromatic carbocycles. The lowest BCUT2D eigenvalue weighted by Gasteiger charge is -2.22. The molecular weight excluding hydrogens is 276 g/mol. The number of hydrogen-bond donors (Lipinski definition) is 0. The average molecular weight is 306 g/mol. The van der Waals surface area contributed by atoms with Crippen molar-refractivity contribution >= 4 is 11.8 Å². The number of ketones is 1. The molecule has 1 atom stereocenters. The first-order valence-corrected chi connectivity index (χ1v) is 8.61. The molecule has 0 aromatic rings. The zero-order chi connectivity index (χ0) is 16.4. The molecule has 124 valence electrons. The molecule has 0 saturated heterocycles. The van der Waals surface area contributed by atoms with Crippen LogP contribution in [-0.4, -0.2) is 17.9 Å². The summed E-state index contributed by atoms with van der Waals surface area (Å²) in [6, 6.07) is 0. The Morgan fingerprint density at radius 3 is 2.45 bits per heavy atom. The Morgan fingerprint density at radius 1 is 1.18 bits per heavy atom. The number of ether oxygens (including phenoxy) is 1. The summed E-state index contributed by atoms with van der Waals surface area (Å²) >= 11 is 0. The van der Waals surface area contributed by atoms with Crippen molar-refractivity contribution in [1.82, 2.24) is 0 Å². The summed E-state index contributed by atoms with van der Waals surface area (Å²) in [5.41, 5.74) is 1.20.